The average molecular weight is 565 g/mol. The van der Waals surface area contributed by atoms with Crippen molar-refractivity contribution in [2.24, 2.45) is 0 Å². The molecule has 2 heterocycles. The molecule has 0 aliphatic carbocycles. The van der Waals surface area contributed by atoms with Gasteiger partial charge >= 0.3 is 12.0 Å². The first-order chi connectivity index (χ1) is 19.8. The highest BCUT2D eigenvalue weighted by Crippen LogP contribution is 2.35. The van der Waals surface area contributed by atoms with Gasteiger partial charge in [-0.05, 0) is 57.0 Å². The van der Waals surface area contributed by atoms with Crippen LogP contribution in [0.4, 0.5) is 4.79 Å². The molecule has 3 amide bonds. The molecule has 0 aromatic heterocycles. The van der Waals surface area contributed by atoms with Gasteiger partial charge in [0.2, 0.25) is 0 Å². The summed E-state index contributed by atoms with van der Waals surface area (Å²) in [4.78, 5) is 45.7. The van der Waals surface area contributed by atoms with E-state index >= 15 is 0 Å². The SMILES string of the molecule is CCOC(=O)C1=C(CN2CCCN(C(=O)c3ccc(C)cc3)CC2)N(CC)C(=O)NC1c1cc(OC)cc(OC)c1. The number of amides is 3. The highest BCUT2D eigenvalue weighted by Gasteiger charge is 2.39. The number of likely N-dealkylation sites (N-methyl/N-ethyl adjacent to an activating group) is 1. The lowest BCUT2D eigenvalue weighted by Gasteiger charge is -2.38. The molecule has 2 aliphatic rings. The van der Waals surface area contributed by atoms with E-state index in [0.29, 0.717) is 73.2 Å². The van der Waals surface area contributed by atoms with E-state index in [0.717, 1.165) is 12.0 Å². The van der Waals surface area contributed by atoms with Crippen LogP contribution in [0.3, 0.4) is 0 Å². The van der Waals surface area contributed by atoms with Crippen molar-refractivity contribution in [3.63, 3.8) is 0 Å². The number of aryl methyl sites for hydroxylation is 1. The fraction of sp³-hybridized carbons (Fsp3) is 0.452. The molecule has 41 heavy (non-hydrogen) atoms. The maximum Gasteiger partial charge on any atom is 0.338 e. The van der Waals surface area contributed by atoms with Crippen LogP contribution in [-0.2, 0) is 9.53 Å². The van der Waals surface area contributed by atoms with Gasteiger partial charge in [0.05, 0.1) is 32.4 Å². The molecule has 220 valence electrons. The van der Waals surface area contributed by atoms with E-state index in [9.17, 15) is 14.4 Å². The Kier molecular flexibility index (Phi) is 9.88. The van der Waals surface area contributed by atoms with E-state index in [-0.39, 0.29) is 18.5 Å². The number of methoxy groups -OCH3 is 2. The van der Waals surface area contributed by atoms with Crippen molar-refractivity contribution in [1.82, 2.24) is 20.0 Å². The third-order valence-electron chi connectivity index (χ3n) is 7.50. The number of nitrogens with zero attached hydrogens (tertiary/aromatic N) is 3. The van der Waals surface area contributed by atoms with Gasteiger partial charge in [-0.25, -0.2) is 9.59 Å². The Morgan fingerprint density at radius 2 is 1.63 bits per heavy atom. The monoisotopic (exact) mass is 564 g/mol. The van der Waals surface area contributed by atoms with Gasteiger partial charge < -0.3 is 24.4 Å². The van der Waals surface area contributed by atoms with Gasteiger partial charge in [-0.1, -0.05) is 17.7 Å². The number of hydrogen-bond acceptors (Lipinski definition) is 7. The molecule has 10 nitrogen and oxygen atoms in total. The molecule has 0 spiro atoms. The van der Waals surface area contributed by atoms with Crippen LogP contribution in [0.25, 0.3) is 0 Å². The Morgan fingerprint density at radius 1 is 0.951 bits per heavy atom. The molecule has 0 saturated carbocycles. The van der Waals surface area contributed by atoms with Crippen LogP contribution in [0.15, 0.2) is 53.7 Å². The summed E-state index contributed by atoms with van der Waals surface area (Å²) in [6.45, 7) is 9.07. The average Bonchev–Trinajstić information content (AvgIpc) is 3.22. The van der Waals surface area contributed by atoms with Crippen LogP contribution in [0, 0.1) is 6.92 Å². The molecule has 2 aromatic rings. The van der Waals surface area contributed by atoms with Crippen LogP contribution in [-0.4, -0.2) is 92.7 Å². The number of benzene rings is 2. The van der Waals surface area contributed by atoms with Crippen molar-refractivity contribution in [1.29, 1.82) is 0 Å². The zero-order chi connectivity index (χ0) is 29.5. The minimum absolute atomic E-state index is 0.0116. The lowest BCUT2D eigenvalue weighted by molar-refractivity contribution is -0.139. The molecule has 1 saturated heterocycles. The van der Waals surface area contributed by atoms with E-state index < -0.39 is 12.0 Å². The third-order valence-corrected chi connectivity index (χ3v) is 7.50. The van der Waals surface area contributed by atoms with Gasteiger partial charge in [-0.2, -0.15) is 0 Å². The fourth-order valence-corrected chi connectivity index (χ4v) is 5.33. The number of hydrogen-bond donors (Lipinski definition) is 1. The summed E-state index contributed by atoms with van der Waals surface area (Å²) in [5, 5.41) is 3.00. The summed E-state index contributed by atoms with van der Waals surface area (Å²) in [6, 6.07) is 11.9. The summed E-state index contributed by atoms with van der Waals surface area (Å²) in [7, 11) is 3.10. The van der Waals surface area contributed by atoms with Crippen molar-refractivity contribution in [2.45, 2.75) is 33.2 Å². The molecule has 2 aromatic carbocycles. The van der Waals surface area contributed by atoms with Crippen molar-refractivity contribution in [3.8, 4) is 11.5 Å². The fourth-order valence-electron chi connectivity index (χ4n) is 5.33. The predicted octanol–water partition coefficient (Wildman–Crippen LogP) is 3.76. The van der Waals surface area contributed by atoms with E-state index in [1.54, 1.807) is 44.2 Å². The number of nitrogens with one attached hydrogen (secondary N) is 1. The van der Waals surface area contributed by atoms with Gasteiger partial charge in [0.25, 0.3) is 5.91 Å². The number of urea groups is 1. The molecule has 1 unspecified atom stereocenters. The van der Waals surface area contributed by atoms with Crippen LogP contribution in [0.2, 0.25) is 0 Å². The normalized spacial score (nSPS) is 18.1. The smallest absolute Gasteiger partial charge is 0.338 e. The quantitative estimate of drug-likeness (QED) is 0.463. The van der Waals surface area contributed by atoms with E-state index in [1.807, 2.05) is 43.0 Å². The van der Waals surface area contributed by atoms with Crippen molar-refractivity contribution in [3.05, 3.63) is 70.4 Å². The molecule has 10 heteroatoms. The minimum Gasteiger partial charge on any atom is -0.497 e. The first-order valence-corrected chi connectivity index (χ1v) is 14.1. The van der Waals surface area contributed by atoms with Gasteiger partial charge in [0.1, 0.15) is 11.5 Å². The molecule has 1 atom stereocenters. The third kappa shape index (κ3) is 6.82. The predicted molar refractivity (Wildman–Crippen MR) is 155 cm³/mol. The largest absolute Gasteiger partial charge is 0.497 e. The summed E-state index contributed by atoms with van der Waals surface area (Å²) in [5.41, 5.74) is 3.41. The zero-order valence-corrected chi connectivity index (χ0v) is 24.6. The summed E-state index contributed by atoms with van der Waals surface area (Å²) >= 11 is 0. The lowest BCUT2D eigenvalue weighted by Crippen LogP contribution is -2.51. The van der Waals surface area contributed by atoms with E-state index in [2.05, 4.69) is 10.2 Å². The number of carbonyl (C=O) groups excluding carboxylic acids is 3. The highest BCUT2D eigenvalue weighted by molar-refractivity contribution is 5.95. The number of carbonyl (C=O) groups is 3. The molecule has 1 fully saturated rings. The molecule has 1 N–H and O–H groups in total. The Balaban J connectivity index is 1.66. The van der Waals surface area contributed by atoms with Crippen LogP contribution >= 0.6 is 0 Å². The van der Waals surface area contributed by atoms with Gasteiger partial charge in [0.15, 0.2) is 0 Å². The molecule has 2 aliphatic heterocycles. The summed E-state index contributed by atoms with van der Waals surface area (Å²) in [6.07, 6.45) is 0.772. The molecular formula is C31H40N4O6. The number of esters is 1. The first kappa shape index (κ1) is 29.9. The van der Waals surface area contributed by atoms with E-state index in [4.69, 9.17) is 14.2 Å². The molecule has 0 bridgehead atoms. The van der Waals surface area contributed by atoms with Crippen molar-refractivity contribution < 1.29 is 28.6 Å². The van der Waals surface area contributed by atoms with Crippen molar-refractivity contribution in [2.75, 3.05) is 60.1 Å². The Hall–Kier alpha value is -4.05. The van der Waals surface area contributed by atoms with Crippen LogP contribution in [0.1, 0.15) is 47.8 Å². The Labute approximate surface area is 241 Å². The van der Waals surface area contributed by atoms with Crippen molar-refractivity contribution >= 4 is 17.9 Å². The number of rotatable bonds is 9. The standard InChI is InChI=1S/C31H40N4O6/c1-6-35-26(20-33-13-8-14-34(16-15-33)29(36)22-11-9-21(3)10-12-22)27(30(37)41-7-2)28(32-31(35)38)23-17-24(39-4)19-25(18-23)40-5/h9-12,17-19,28H,6-8,13-16,20H2,1-5H3,(H,32,38). The second-order valence-corrected chi connectivity index (χ2v) is 10.1. The maximum absolute atomic E-state index is 13.5. The molecule has 4 rings (SSSR count). The maximum atomic E-state index is 13.5. The minimum atomic E-state index is -0.755. The summed E-state index contributed by atoms with van der Waals surface area (Å²) < 4.78 is 16.4. The Bertz CT molecular complexity index is 1270. The van der Waals surface area contributed by atoms with Gasteiger partial charge in [-0.3, -0.25) is 14.6 Å². The van der Waals surface area contributed by atoms with Crippen LogP contribution < -0.4 is 14.8 Å². The lowest BCUT2D eigenvalue weighted by atomic mass is 9.93. The second-order valence-electron chi connectivity index (χ2n) is 10.1. The second kappa shape index (κ2) is 13.5. The van der Waals surface area contributed by atoms with Crippen LogP contribution in [0.5, 0.6) is 11.5 Å². The first-order valence-electron chi connectivity index (χ1n) is 14.1. The van der Waals surface area contributed by atoms with Gasteiger partial charge in [0, 0.05) is 56.6 Å². The van der Waals surface area contributed by atoms with E-state index in [1.165, 1.54) is 0 Å². The van der Waals surface area contributed by atoms with Gasteiger partial charge in [-0.15, -0.1) is 0 Å². The Morgan fingerprint density at radius 3 is 2.24 bits per heavy atom. The number of ether oxygens (including phenoxy) is 3. The molecule has 0 radical (unpaired) electrons. The highest BCUT2D eigenvalue weighted by atomic mass is 16.5. The summed E-state index contributed by atoms with van der Waals surface area (Å²) in [5.74, 6) is 0.612. The topological polar surface area (TPSA) is 101 Å². The molecular weight excluding hydrogens is 524 g/mol. The zero-order valence-electron chi connectivity index (χ0n) is 24.6.